The second kappa shape index (κ2) is 11.6. The van der Waals surface area contributed by atoms with Crippen molar-refractivity contribution in [3.05, 3.63) is 30.0 Å². The minimum atomic E-state index is -0.543. The molecule has 3 heterocycles. The van der Waals surface area contributed by atoms with E-state index in [9.17, 15) is 9.59 Å². The largest absolute Gasteiger partial charge is 0.495 e. The second-order valence-corrected chi connectivity index (χ2v) is 11.9. The molecule has 2 amide bonds. The first-order chi connectivity index (χ1) is 19.2. The Hall–Kier alpha value is -3.40. The van der Waals surface area contributed by atoms with Crippen LogP contribution in [-0.2, 0) is 4.79 Å². The van der Waals surface area contributed by atoms with Gasteiger partial charge in [-0.15, -0.1) is 0 Å². The van der Waals surface area contributed by atoms with Crippen molar-refractivity contribution in [2.45, 2.75) is 71.4 Å². The molecule has 0 radical (unpaired) electrons. The van der Waals surface area contributed by atoms with Gasteiger partial charge in [0.15, 0.2) is 5.82 Å². The average Bonchev–Trinajstić information content (AvgIpc) is 3.48. The van der Waals surface area contributed by atoms with Gasteiger partial charge in [0, 0.05) is 44.3 Å². The van der Waals surface area contributed by atoms with Crippen LogP contribution in [-0.4, -0.2) is 79.1 Å². The maximum atomic E-state index is 13.3. The van der Waals surface area contributed by atoms with E-state index in [-0.39, 0.29) is 17.9 Å². The van der Waals surface area contributed by atoms with Gasteiger partial charge in [-0.1, -0.05) is 19.8 Å². The maximum absolute atomic E-state index is 13.3. The number of carbonyl (C=O) groups excluding carboxylic acids is 2. The molecule has 3 aliphatic rings. The zero-order valence-electron chi connectivity index (χ0n) is 24.5. The third kappa shape index (κ3) is 5.73. The molecule has 10 heteroatoms. The van der Waals surface area contributed by atoms with Crippen molar-refractivity contribution in [3.63, 3.8) is 0 Å². The molecule has 0 atom stereocenters. The number of aromatic nitrogens is 2. The van der Waals surface area contributed by atoms with Crippen LogP contribution >= 0.6 is 0 Å². The van der Waals surface area contributed by atoms with E-state index in [1.165, 1.54) is 12.8 Å². The van der Waals surface area contributed by atoms with Gasteiger partial charge in [-0.3, -0.25) is 9.59 Å². The smallest absolute Gasteiger partial charge is 0.251 e. The molecule has 0 unspecified atom stereocenters. The Labute approximate surface area is 237 Å². The van der Waals surface area contributed by atoms with Crippen molar-refractivity contribution >= 4 is 35.0 Å². The summed E-state index contributed by atoms with van der Waals surface area (Å²) in [5.41, 5.74) is 1.40. The molecule has 0 bridgehead atoms. The van der Waals surface area contributed by atoms with Gasteiger partial charge in [-0.05, 0) is 64.3 Å². The monoisotopic (exact) mass is 549 g/mol. The van der Waals surface area contributed by atoms with Crippen LogP contribution in [0, 0.1) is 5.41 Å². The Morgan fingerprint density at radius 1 is 1.15 bits per heavy atom. The van der Waals surface area contributed by atoms with Crippen molar-refractivity contribution in [3.8, 4) is 5.75 Å². The summed E-state index contributed by atoms with van der Waals surface area (Å²) in [6.45, 7) is 9.84. The normalized spacial score (nSPS) is 20.3. The second-order valence-electron chi connectivity index (χ2n) is 11.9. The molecule has 10 nitrogen and oxygen atoms in total. The van der Waals surface area contributed by atoms with E-state index in [4.69, 9.17) is 9.72 Å². The van der Waals surface area contributed by atoms with Gasteiger partial charge in [0.25, 0.3) is 5.91 Å². The molecule has 1 saturated heterocycles. The van der Waals surface area contributed by atoms with Crippen molar-refractivity contribution < 1.29 is 14.3 Å². The van der Waals surface area contributed by atoms with Crippen LogP contribution in [0.1, 0.15) is 69.7 Å². The van der Waals surface area contributed by atoms with Gasteiger partial charge in [-0.25, -0.2) is 4.98 Å². The lowest BCUT2D eigenvalue weighted by atomic mass is 9.91. The summed E-state index contributed by atoms with van der Waals surface area (Å²) in [4.78, 5) is 42.2. The van der Waals surface area contributed by atoms with Crippen molar-refractivity contribution in [2.24, 2.45) is 5.41 Å². The van der Waals surface area contributed by atoms with Gasteiger partial charge < -0.3 is 30.1 Å². The third-order valence-corrected chi connectivity index (χ3v) is 8.68. The number of fused-ring (bicyclic) bond motifs is 1. The number of ether oxygens (including phenoxy) is 1. The van der Waals surface area contributed by atoms with E-state index < -0.39 is 5.41 Å². The molecule has 216 valence electrons. The molecular weight excluding hydrogens is 506 g/mol. The van der Waals surface area contributed by atoms with Crippen molar-refractivity contribution in [1.82, 2.24) is 20.2 Å². The SMILES string of the molecule is CCN1CCC(NC(=O)c2ccc(Nc3ncc4c(n3)N(C3CCCC3)CC(C)(C)C(=O)N4C)c(OC)c2)CC1. The first-order valence-corrected chi connectivity index (χ1v) is 14.6. The summed E-state index contributed by atoms with van der Waals surface area (Å²) < 4.78 is 5.65. The fraction of sp³-hybridized carbons (Fsp3) is 0.600. The van der Waals surface area contributed by atoms with Gasteiger partial charge in [0.2, 0.25) is 11.9 Å². The standard InChI is InChI=1S/C30H43N7O3/c1-6-36-15-13-21(14-16-36)32-27(38)20-11-12-23(25(17-20)40-5)33-29-31-18-24-26(34-29)37(22-9-7-8-10-22)19-30(2,3)28(39)35(24)4/h11-12,17-18,21-22H,6-10,13-16,19H2,1-5H3,(H,32,38)(H,31,33,34). The number of rotatable bonds is 7. The number of piperidine rings is 1. The maximum Gasteiger partial charge on any atom is 0.251 e. The van der Waals surface area contributed by atoms with E-state index in [1.807, 2.05) is 19.9 Å². The van der Waals surface area contributed by atoms with Crippen LogP contribution in [0.25, 0.3) is 0 Å². The number of hydrogen-bond acceptors (Lipinski definition) is 8. The zero-order chi connectivity index (χ0) is 28.4. The molecule has 5 rings (SSSR count). The summed E-state index contributed by atoms with van der Waals surface area (Å²) >= 11 is 0. The van der Waals surface area contributed by atoms with Crippen LogP contribution in [0.4, 0.5) is 23.1 Å². The summed E-state index contributed by atoms with van der Waals surface area (Å²) in [7, 11) is 3.39. The zero-order valence-corrected chi connectivity index (χ0v) is 24.5. The number of carbonyl (C=O) groups is 2. The molecule has 1 aliphatic carbocycles. The molecule has 2 fully saturated rings. The first kappa shape index (κ1) is 28.1. The van der Waals surface area contributed by atoms with Gasteiger partial charge in [0.05, 0.1) is 24.4 Å². The van der Waals surface area contributed by atoms with E-state index in [2.05, 4.69) is 32.3 Å². The highest BCUT2D eigenvalue weighted by Crippen LogP contribution is 2.40. The molecular formula is C30H43N7O3. The lowest BCUT2D eigenvalue weighted by molar-refractivity contribution is -0.125. The quantitative estimate of drug-likeness (QED) is 0.530. The lowest BCUT2D eigenvalue weighted by Gasteiger charge is -2.34. The van der Waals surface area contributed by atoms with Crippen LogP contribution in [0.15, 0.2) is 24.4 Å². The average molecular weight is 550 g/mol. The summed E-state index contributed by atoms with van der Waals surface area (Å²) in [5, 5.41) is 6.48. The topological polar surface area (TPSA) is 103 Å². The highest BCUT2D eigenvalue weighted by atomic mass is 16.5. The third-order valence-electron chi connectivity index (χ3n) is 8.68. The Morgan fingerprint density at radius 2 is 1.88 bits per heavy atom. The van der Waals surface area contributed by atoms with Crippen LogP contribution in [0.2, 0.25) is 0 Å². The van der Waals surface area contributed by atoms with Crippen molar-refractivity contribution in [1.29, 1.82) is 0 Å². The van der Waals surface area contributed by atoms with Crippen LogP contribution in [0.3, 0.4) is 0 Å². The first-order valence-electron chi connectivity index (χ1n) is 14.6. The number of nitrogens with zero attached hydrogens (tertiary/aromatic N) is 5. The van der Waals surface area contributed by atoms with Gasteiger partial charge >= 0.3 is 0 Å². The molecule has 2 aromatic rings. The number of benzene rings is 1. The Bertz CT molecular complexity index is 1240. The molecule has 1 saturated carbocycles. The molecule has 1 aromatic heterocycles. The van der Waals surface area contributed by atoms with Crippen LogP contribution < -0.4 is 25.2 Å². The molecule has 0 spiro atoms. The molecule has 1 aromatic carbocycles. The number of anilines is 4. The predicted octanol–water partition coefficient (Wildman–Crippen LogP) is 4.19. The fourth-order valence-corrected chi connectivity index (χ4v) is 6.24. The number of amides is 2. The number of hydrogen-bond donors (Lipinski definition) is 2. The van der Waals surface area contributed by atoms with E-state index in [1.54, 1.807) is 37.4 Å². The Kier molecular flexibility index (Phi) is 8.16. The molecule has 40 heavy (non-hydrogen) atoms. The minimum absolute atomic E-state index is 0.0602. The van der Waals surface area contributed by atoms with Crippen molar-refractivity contribution in [2.75, 3.05) is 55.5 Å². The van der Waals surface area contributed by atoms with Gasteiger partial charge in [-0.2, -0.15) is 4.98 Å². The highest BCUT2D eigenvalue weighted by Gasteiger charge is 2.41. The van der Waals surface area contributed by atoms with Crippen LogP contribution in [0.5, 0.6) is 5.75 Å². The van der Waals surface area contributed by atoms with E-state index in [0.717, 1.165) is 56.8 Å². The Balaban J connectivity index is 1.37. The number of nitrogens with one attached hydrogen (secondary N) is 2. The number of likely N-dealkylation sites (tertiary alicyclic amines) is 1. The summed E-state index contributed by atoms with van der Waals surface area (Å²) in [6, 6.07) is 5.91. The minimum Gasteiger partial charge on any atom is -0.495 e. The van der Waals surface area contributed by atoms with E-state index >= 15 is 0 Å². The molecule has 2 aliphatic heterocycles. The summed E-state index contributed by atoms with van der Waals surface area (Å²) in [5.74, 6) is 1.69. The van der Waals surface area contributed by atoms with Gasteiger partial charge in [0.1, 0.15) is 11.4 Å². The molecule has 2 N–H and O–H groups in total. The fourth-order valence-electron chi connectivity index (χ4n) is 6.24. The number of methoxy groups -OCH3 is 1. The lowest BCUT2D eigenvalue weighted by Crippen LogP contribution is -2.45. The Morgan fingerprint density at radius 3 is 2.55 bits per heavy atom. The van der Waals surface area contributed by atoms with E-state index in [0.29, 0.717) is 35.5 Å². The predicted molar refractivity (Wildman–Crippen MR) is 158 cm³/mol. The summed E-state index contributed by atoms with van der Waals surface area (Å²) in [6.07, 6.45) is 8.20. The highest BCUT2D eigenvalue weighted by molar-refractivity contribution is 6.01.